The maximum absolute atomic E-state index is 12.6. The van der Waals surface area contributed by atoms with Gasteiger partial charge in [0.15, 0.2) is 0 Å². The summed E-state index contributed by atoms with van der Waals surface area (Å²) in [5.74, 6) is -0.490. The Morgan fingerprint density at radius 1 is 1.41 bits per heavy atom. The van der Waals surface area contributed by atoms with Crippen molar-refractivity contribution in [3.8, 4) is 5.75 Å². The van der Waals surface area contributed by atoms with Gasteiger partial charge in [-0.3, -0.25) is 4.79 Å². The van der Waals surface area contributed by atoms with E-state index in [9.17, 15) is 13.2 Å². The summed E-state index contributed by atoms with van der Waals surface area (Å²) in [6, 6.07) is 3.91. The van der Waals surface area contributed by atoms with E-state index in [0.29, 0.717) is 6.54 Å². The molecule has 0 unspecified atom stereocenters. The summed E-state index contributed by atoms with van der Waals surface area (Å²) >= 11 is 0. The second kappa shape index (κ2) is 7.28. The highest BCUT2D eigenvalue weighted by Crippen LogP contribution is 2.25. The fraction of sp³-hybridized carbons (Fsp3) is 0.462. The first-order valence-electron chi connectivity index (χ1n) is 6.60. The zero-order valence-corrected chi connectivity index (χ0v) is 13.8. The minimum atomic E-state index is -3.69. The first-order valence-corrected chi connectivity index (χ1v) is 8.04. The number of halogens is 1. The number of benzene rings is 1. The van der Waals surface area contributed by atoms with Crippen molar-refractivity contribution in [2.45, 2.75) is 23.8 Å². The number of ether oxygens (including phenoxy) is 1. The van der Waals surface area contributed by atoms with E-state index in [-0.39, 0.29) is 41.2 Å². The predicted octanol–water partition coefficient (Wildman–Crippen LogP) is 0.328. The summed E-state index contributed by atoms with van der Waals surface area (Å²) in [5, 5.41) is 0. The van der Waals surface area contributed by atoms with Crippen LogP contribution in [-0.4, -0.2) is 44.9 Å². The summed E-state index contributed by atoms with van der Waals surface area (Å²) in [6.07, 6.45) is 1.53. The molecule has 1 aromatic rings. The average molecular weight is 350 g/mol. The molecule has 1 saturated heterocycles. The zero-order chi connectivity index (χ0) is 15.6. The van der Waals surface area contributed by atoms with E-state index in [1.165, 1.54) is 29.6 Å². The lowest BCUT2D eigenvalue weighted by Gasteiger charge is -2.30. The third-order valence-corrected chi connectivity index (χ3v) is 5.36. The molecular weight excluding hydrogens is 330 g/mol. The fourth-order valence-corrected chi connectivity index (χ4v) is 3.94. The number of primary amides is 1. The number of hydrogen-bond donors (Lipinski definition) is 2. The number of nitrogens with two attached hydrogens (primary N) is 2. The predicted molar refractivity (Wildman–Crippen MR) is 84.7 cm³/mol. The van der Waals surface area contributed by atoms with Crippen LogP contribution in [0.15, 0.2) is 23.1 Å². The van der Waals surface area contributed by atoms with E-state index in [2.05, 4.69) is 0 Å². The van der Waals surface area contributed by atoms with Crippen LogP contribution in [-0.2, 0) is 10.0 Å². The molecule has 1 aliphatic rings. The number of nitrogens with zero attached hydrogens (tertiary/aromatic N) is 1. The van der Waals surface area contributed by atoms with Crippen LogP contribution >= 0.6 is 12.4 Å². The van der Waals surface area contributed by atoms with Crippen LogP contribution < -0.4 is 16.2 Å². The average Bonchev–Trinajstić information content (AvgIpc) is 2.46. The van der Waals surface area contributed by atoms with Crippen molar-refractivity contribution in [2.24, 2.45) is 11.5 Å². The molecule has 124 valence electrons. The lowest BCUT2D eigenvalue weighted by Crippen LogP contribution is -2.45. The Balaban J connectivity index is 0.00000242. The maximum Gasteiger partial charge on any atom is 0.252 e. The normalized spacial score (nSPS) is 19.3. The van der Waals surface area contributed by atoms with E-state index < -0.39 is 15.9 Å². The Hall–Kier alpha value is -1.35. The van der Waals surface area contributed by atoms with Crippen LogP contribution in [0.1, 0.15) is 23.2 Å². The largest absolute Gasteiger partial charge is 0.496 e. The number of carbonyl (C=O) groups is 1. The van der Waals surface area contributed by atoms with Crippen molar-refractivity contribution < 1.29 is 17.9 Å². The first kappa shape index (κ1) is 18.7. The minimum absolute atomic E-state index is 0. The van der Waals surface area contributed by atoms with Gasteiger partial charge in [-0.25, -0.2) is 8.42 Å². The van der Waals surface area contributed by atoms with Crippen LogP contribution in [0, 0.1) is 0 Å². The molecule has 1 atom stereocenters. The zero-order valence-electron chi connectivity index (χ0n) is 12.2. The van der Waals surface area contributed by atoms with E-state index in [1.54, 1.807) is 0 Å². The van der Waals surface area contributed by atoms with Crippen molar-refractivity contribution in [1.82, 2.24) is 4.31 Å². The molecular formula is C13H20ClN3O4S. The van der Waals surface area contributed by atoms with E-state index >= 15 is 0 Å². The molecule has 0 aromatic heterocycles. The summed E-state index contributed by atoms with van der Waals surface area (Å²) in [7, 11) is -2.30. The van der Waals surface area contributed by atoms with Crippen LogP contribution in [0.4, 0.5) is 0 Å². The van der Waals surface area contributed by atoms with Gasteiger partial charge in [0.1, 0.15) is 5.75 Å². The summed E-state index contributed by atoms with van der Waals surface area (Å²) in [6.45, 7) is 0.703. The molecule has 22 heavy (non-hydrogen) atoms. The second-order valence-corrected chi connectivity index (χ2v) is 6.93. The number of amides is 1. The Labute approximate surface area is 136 Å². The highest BCUT2D eigenvalue weighted by atomic mass is 35.5. The third kappa shape index (κ3) is 3.70. The molecule has 4 N–H and O–H groups in total. The van der Waals surface area contributed by atoms with E-state index in [4.69, 9.17) is 16.2 Å². The van der Waals surface area contributed by atoms with Crippen LogP contribution in [0.2, 0.25) is 0 Å². The molecule has 0 radical (unpaired) electrons. The number of carbonyl (C=O) groups excluding carboxylic acids is 1. The standard InChI is InChI=1S/C13H19N3O4S.ClH/c1-20-12-5-4-10(7-11(12)13(15)17)21(18,19)16-6-2-3-9(14)8-16;/h4-5,7,9H,2-3,6,8,14H2,1H3,(H2,15,17);1H/t9-;/m1./s1. The van der Waals surface area contributed by atoms with Gasteiger partial charge in [-0.05, 0) is 31.0 Å². The maximum atomic E-state index is 12.6. The topological polar surface area (TPSA) is 116 Å². The molecule has 1 heterocycles. The number of rotatable bonds is 4. The molecule has 0 spiro atoms. The first-order chi connectivity index (χ1) is 9.86. The Morgan fingerprint density at radius 3 is 2.64 bits per heavy atom. The van der Waals surface area contributed by atoms with Gasteiger partial charge in [0.25, 0.3) is 5.91 Å². The van der Waals surface area contributed by atoms with Crippen LogP contribution in [0.5, 0.6) is 5.75 Å². The Bertz CT molecular complexity index is 651. The van der Waals surface area contributed by atoms with Gasteiger partial charge in [-0.2, -0.15) is 4.31 Å². The molecule has 2 rings (SSSR count). The molecule has 0 aliphatic carbocycles. The van der Waals surface area contributed by atoms with Crippen molar-refractivity contribution in [2.75, 3.05) is 20.2 Å². The van der Waals surface area contributed by atoms with Gasteiger partial charge in [-0.15, -0.1) is 12.4 Å². The van der Waals surface area contributed by atoms with Gasteiger partial charge < -0.3 is 16.2 Å². The molecule has 1 fully saturated rings. The van der Waals surface area contributed by atoms with E-state index in [1.807, 2.05) is 0 Å². The molecule has 0 bridgehead atoms. The van der Waals surface area contributed by atoms with Gasteiger partial charge >= 0.3 is 0 Å². The number of piperidine rings is 1. The van der Waals surface area contributed by atoms with Crippen LogP contribution in [0.25, 0.3) is 0 Å². The highest BCUT2D eigenvalue weighted by molar-refractivity contribution is 7.89. The lowest BCUT2D eigenvalue weighted by atomic mass is 10.1. The smallest absolute Gasteiger partial charge is 0.252 e. The quantitative estimate of drug-likeness (QED) is 0.812. The van der Waals surface area contributed by atoms with Gasteiger partial charge in [0.2, 0.25) is 10.0 Å². The number of hydrogen-bond acceptors (Lipinski definition) is 5. The van der Waals surface area contributed by atoms with Crippen molar-refractivity contribution >= 4 is 28.3 Å². The molecule has 1 amide bonds. The number of methoxy groups -OCH3 is 1. The van der Waals surface area contributed by atoms with Gasteiger partial charge in [0, 0.05) is 19.1 Å². The summed E-state index contributed by atoms with van der Waals surface area (Å²) in [4.78, 5) is 11.4. The number of sulfonamides is 1. The van der Waals surface area contributed by atoms with E-state index in [0.717, 1.165) is 12.8 Å². The second-order valence-electron chi connectivity index (χ2n) is 4.99. The molecule has 0 saturated carbocycles. The third-order valence-electron chi connectivity index (χ3n) is 3.49. The fourth-order valence-electron chi connectivity index (χ4n) is 2.38. The van der Waals surface area contributed by atoms with Gasteiger partial charge in [0.05, 0.1) is 17.6 Å². The summed E-state index contributed by atoms with van der Waals surface area (Å²) in [5.41, 5.74) is 11.1. The Morgan fingerprint density at radius 2 is 2.09 bits per heavy atom. The minimum Gasteiger partial charge on any atom is -0.496 e. The molecule has 1 aliphatic heterocycles. The van der Waals surface area contributed by atoms with Crippen LogP contribution in [0.3, 0.4) is 0 Å². The molecule has 9 heteroatoms. The molecule has 7 nitrogen and oxygen atoms in total. The van der Waals surface area contributed by atoms with Crippen molar-refractivity contribution in [3.05, 3.63) is 23.8 Å². The van der Waals surface area contributed by atoms with Crippen molar-refractivity contribution in [1.29, 1.82) is 0 Å². The molecule has 1 aromatic carbocycles. The SMILES string of the molecule is COc1ccc(S(=O)(=O)N2CCC[C@@H](N)C2)cc1C(N)=O.Cl. The monoisotopic (exact) mass is 349 g/mol. The Kier molecular flexibility index (Phi) is 6.18. The van der Waals surface area contributed by atoms with Crippen molar-refractivity contribution in [3.63, 3.8) is 0 Å². The lowest BCUT2D eigenvalue weighted by molar-refractivity contribution is 0.0997. The van der Waals surface area contributed by atoms with Gasteiger partial charge in [-0.1, -0.05) is 0 Å². The highest BCUT2D eigenvalue weighted by Gasteiger charge is 2.29. The summed E-state index contributed by atoms with van der Waals surface area (Å²) < 4.78 is 31.5.